The Kier molecular flexibility index (Phi) is 3.77. The Morgan fingerprint density at radius 3 is 2.29 bits per heavy atom. The molecule has 0 aliphatic carbocycles. The molecule has 3 heteroatoms. The zero-order valence-electron chi connectivity index (χ0n) is 8.69. The summed E-state index contributed by atoms with van der Waals surface area (Å²) in [5.41, 5.74) is 2.01. The zero-order chi connectivity index (χ0) is 10.6. The molecule has 0 aromatic heterocycles. The number of hydrogen-bond acceptors (Lipinski definition) is 2. The van der Waals surface area contributed by atoms with Gasteiger partial charge in [0.25, 0.3) is 0 Å². The Bertz CT molecular complexity index is 340. The van der Waals surface area contributed by atoms with Gasteiger partial charge in [-0.3, -0.25) is 5.01 Å². The predicted octanol–water partition coefficient (Wildman–Crippen LogP) is 2.69. The van der Waals surface area contributed by atoms with Gasteiger partial charge in [-0.2, -0.15) is 5.10 Å². The van der Waals surface area contributed by atoms with Gasteiger partial charge in [0, 0.05) is 18.3 Å². The van der Waals surface area contributed by atoms with Gasteiger partial charge in [0.1, 0.15) is 4.99 Å². The molecule has 0 spiro atoms. The van der Waals surface area contributed by atoms with Crippen molar-refractivity contribution in [2.75, 3.05) is 7.05 Å². The molecule has 0 aliphatic heterocycles. The molecule has 1 aromatic rings. The fourth-order valence-corrected chi connectivity index (χ4v) is 1.29. The minimum Gasteiger partial charge on any atom is -0.257 e. The maximum atomic E-state index is 5.28. The summed E-state index contributed by atoms with van der Waals surface area (Å²) in [4.78, 5) is 0.742. The van der Waals surface area contributed by atoms with Crippen LogP contribution in [0.15, 0.2) is 35.4 Å². The zero-order valence-corrected chi connectivity index (χ0v) is 9.51. The standard InChI is InChI=1S/C11H14N2S/c1-9(2)12-13(3)11(14)10-7-5-4-6-8-10/h4-8H,1-3H3. The minimum atomic E-state index is 0.742. The molecular formula is C11H14N2S. The summed E-state index contributed by atoms with van der Waals surface area (Å²) >= 11 is 5.28. The van der Waals surface area contributed by atoms with Gasteiger partial charge in [-0.05, 0) is 13.8 Å². The average Bonchev–Trinajstić information content (AvgIpc) is 2.17. The van der Waals surface area contributed by atoms with E-state index in [2.05, 4.69) is 5.10 Å². The van der Waals surface area contributed by atoms with E-state index < -0.39 is 0 Å². The number of thiocarbonyl (C=S) groups is 1. The molecule has 74 valence electrons. The van der Waals surface area contributed by atoms with Crippen LogP contribution in [0.4, 0.5) is 0 Å². The molecule has 0 saturated carbocycles. The van der Waals surface area contributed by atoms with Crippen LogP contribution < -0.4 is 0 Å². The molecule has 1 aromatic carbocycles. The monoisotopic (exact) mass is 206 g/mol. The molecule has 2 nitrogen and oxygen atoms in total. The fraction of sp³-hybridized carbons (Fsp3) is 0.273. The molecule has 0 unspecified atom stereocenters. The van der Waals surface area contributed by atoms with Gasteiger partial charge in [0.2, 0.25) is 0 Å². The molecule has 0 amide bonds. The Morgan fingerprint density at radius 1 is 1.21 bits per heavy atom. The lowest BCUT2D eigenvalue weighted by atomic mass is 10.2. The van der Waals surface area contributed by atoms with E-state index in [-0.39, 0.29) is 0 Å². The van der Waals surface area contributed by atoms with E-state index in [9.17, 15) is 0 Å². The first-order valence-corrected chi connectivity index (χ1v) is 4.87. The van der Waals surface area contributed by atoms with Crippen molar-refractivity contribution in [3.8, 4) is 0 Å². The molecule has 0 fully saturated rings. The molecule has 0 bridgehead atoms. The SMILES string of the molecule is CC(C)=NN(C)C(=S)c1ccccc1. The maximum Gasteiger partial charge on any atom is 0.129 e. The molecule has 0 N–H and O–H groups in total. The van der Waals surface area contributed by atoms with Crippen molar-refractivity contribution in [3.05, 3.63) is 35.9 Å². The van der Waals surface area contributed by atoms with Gasteiger partial charge in [-0.15, -0.1) is 0 Å². The van der Waals surface area contributed by atoms with Crippen molar-refractivity contribution < 1.29 is 0 Å². The smallest absolute Gasteiger partial charge is 0.129 e. The van der Waals surface area contributed by atoms with Gasteiger partial charge in [-0.25, -0.2) is 0 Å². The number of nitrogens with zero attached hydrogens (tertiary/aromatic N) is 2. The van der Waals surface area contributed by atoms with Crippen molar-refractivity contribution in [1.82, 2.24) is 5.01 Å². The number of hydrogen-bond donors (Lipinski definition) is 0. The topological polar surface area (TPSA) is 15.6 Å². The molecule has 0 radical (unpaired) electrons. The highest BCUT2D eigenvalue weighted by Gasteiger charge is 2.04. The summed E-state index contributed by atoms with van der Waals surface area (Å²) < 4.78 is 0. The van der Waals surface area contributed by atoms with Gasteiger partial charge in [-0.1, -0.05) is 42.5 Å². The molecule has 0 aliphatic rings. The van der Waals surface area contributed by atoms with Crippen molar-refractivity contribution in [2.24, 2.45) is 5.10 Å². The van der Waals surface area contributed by atoms with Crippen LogP contribution >= 0.6 is 12.2 Å². The van der Waals surface area contributed by atoms with E-state index >= 15 is 0 Å². The lowest BCUT2D eigenvalue weighted by molar-refractivity contribution is 0.555. The highest BCUT2D eigenvalue weighted by atomic mass is 32.1. The number of rotatable bonds is 2. The van der Waals surface area contributed by atoms with E-state index in [0.29, 0.717) is 0 Å². The first kappa shape index (κ1) is 10.9. The van der Waals surface area contributed by atoms with Crippen LogP contribution in [-0.4, -0.2) is 22.8 Å². The van der Waals surface area contributed by atoms with Crippen LogP contribution in [0.1, 0.15) is 19.4 Å². The van der Waals surface area contributed by atoms with Crippen LogP contribution in [0, 0.1) is 0 Å². The van der Waals surface area contributed by atoms with Crippen molar-refractivity contribution >= 4 is 22.9 Å². The minimum absolute atomic E-state index is 0.742. The third-order valence-corrected chi connectivity index (χ3v) is 2.16. The summed E-state index contributed by atoms with van der Waals surface area (Å²) in [6.07, 6.45) is 0. The molecule has 0 saturated heterocycles. The van der Waals surface area contributed by atoms with E-state index in [1.807, 2.05) is 51.2 Å². The van der Waals surface area contributed by atoms with E-state index in [1.165, 1.54) is 0 Å². The van der Waals surface area contributed by atoms with Crippen LogP contribution in [-0.2, 0) is 0 Å². The summed E-state index contributed by atoms with van der Waals surface area (Å²) in [5, 5.41) is 5.98. The van der Waals surface area contributed by atoms with E-state index in [0.717, 1.165) is 16.3 Å². The maximum absolute atomic E-state index is 5.28. The third-order valence-electron chi connectivity index (χ3n) is 1.66. The highest BCUT2D eigenvalue weighted by molar-refractivity contribution is 7.80. The van der Waals surface area contributed by atoms with Crippen LogP contribution in [0.5, 0.6) is 0 Å². The second-order valence-corrected chi connectivity index (χ2v) is 3.63. The second kappa shape index (κ2) is 4.86. The average molecular weight is 206 g/mol. The lowest BCUT2D eigenvalue weighted by Gasteiger charge is -2.14. The van der Waals surface area contributed by atoms with Crippen LogP contribution in [0.2, 0.25) is 0 Å². The predicted molar refractivity (Wildman–Crippen MR) is 64.7 cm³/mol. The first-order chi connectivity index (χ1) is 6.61. The van der Waals surface area contributed by atoms with Crippen molar-refractivity contribution in [2.45, 2.75) is 13.8 Å². The van der Waals surface area contributed by atoms with E-state index in [1.54, 1.807) is 5.01 Å². The summed E-state index contributed by atoms with van der Waals surface area (Å²) in [5.74, 6) is 0. The Hall–Kier alpha value is -1.22. The normalized spacial score (nSPS) is 9.36. The fourth-order valence-electron chi connectivity index (χ4n) is 1.11. The first-order valence-electron chi connectivity index (χ1n) is 4.46. The number of benzene rings is 1. The third kappa shape index (κ3) is 2.92. The molecular weight excluding hydrogens is 192 g/mol. The van der Waals surface area contributed by atoms with Crippen LogP contribution in [0.3, 0.4) is 0 Å². The molecule has 1 rings (SSSR count). The quantitative estimate of drug-likeness (QED) is 0.420. The second-order valence-electron chi connectivity index (χ2n) is 3.24. The molecule has 0 atom stereocenters. The lowest BCUT2D eigenvalue weighted by Crippen LogP contribution is -2.20. The Labute approximate surface area is 90.2 Å². The van der Waals surface area contributed by atoms with Gasteiger partial charge in [0.15, 0.2) is 0 Å². The highest BCUT2D eigenvalue weighted by Crippen LogP contribution is 2.04. The van der Waals surface area contributed by atoms with Crippen molar-refractivity contribution in [3.63, 3.8) is 0 Å². The largest absolute Gasteiger partial charge is 0.257 e. The van der Waals surface area contributed by atoms with Gasteiger partial charge < -0.3 is 0 Å². The molecule has 0 heterocycles. The Morgan fingerprint density at radius 2 is 1.79 bits per heavy atom. The summed E-state index contributed by atoms with van der Waals surface area (Å²) in [6.45, 7) is 3.90. The Balaban J connectivity index is 2.82. The number of hydrazone groups is 1. The van der Waals surface area contributed by atoms with E-state index in [4.69, 9.17) is 12.2 Å². The molecule has 14 heavy (non-hydrogen) atoms. The van der Waals surface area contributed by atoms with Gasteiger partial charge >= 0.3 is 0 Å². The van der Waals surface area contributed by atoms with Gasteiger partial charge in [0.05, 0.1) is 0 Å². The van der Waals surface area contributed by atoms with Crippen molar-refractivity contribution in [1.29, 1.82) is 0 Å². The summed E-state index contributed by atoms with van der Waals surface area (Å²) in [6, 6.07) is 9.88. The summed E-state index contributed by atoms with van der Waals surface area (Å²) in [7, 11) is 1.86. The van der Waals surface area contributed by atoms with Crippen LogP contribution in [0.25, 0.3) is 0 Å².